The number of urea groups is 1. The molecule has 2 amide bonds. The quantitative estimate of drug-likeness (QED) is 0.557. The molecule has 1 atom stereocenters. The van der Waals surface area contributed by atoms with Crippen LogP contribution in [0.15, 0.2) is 29.5 Å². The molecule has 0 spiro atoms. The molecule has 0 saturated heterocycles. The summed E-state index contributed by atoms with van der Waals surface area (Å²) in [7, 11) is 0. The second-order valence-corrected chi connectivity index (χ2v) is 6.15. The van der Waals surface area contributed by atoms with E-state index in [0.29, 0.717) is 23.6 Å². The molecule has 1 aliphatic heterocycles. The van der Waals surface area contributed by atoms with Crippen LogP contribution in [0.4, 0.5) is 4.79 Å². The van der Waals surface area contributed by atoms with E-state index in [0.717, 1.165) is 9.13 Å². The van der Waals surface area contributed by atoms with Crippen molar-refractivity contribution < 1.29 is 19.1 Å². The molecular weight excluding hydrogens is 411 g/mol. The smallest absolute Gasteiger partial charge is 0.338 e. The van der Waals surface area contributed by atoms with Gasteiger partial charge in [0.2, 0.25) is 0 Å². The van der Waals surface area contributed by atoms with Gasteiger partial charge in [0.25, 0.3) is 0 Å². The van der Waals surface area contributed by atoms with E-state index < -0.39 is 12.0 Å². The van der Waals surface area contributed by atoms with Crippen molar-refractivity contribution in [3.63, 3.8) is 0 Å². The van der Waals surface area contributed by atoms with Crippen molar-refractivity contribution in [1.82, 2.24) is 10.6 Å². The highest BCUT2D eigenvalue weighted by atomic mass is 127. The summed E-state index contributed by atoms with van der Waals surface area (Å²) in [6, 6.07) is 4.68. The van der Waals surface area contributed by atoms with Gasteiger partial charge in [-0.25, -0.2) is 9.59 Å². The molecule has 1 aliphatic rings. The van der Waals surface area contributed by atoms with Crippen LogP contribution in [0.5, 0.6) is 5.75 Å². The standard InChI is InChI=1S/C16H19IN2O4/c1-4-22-12-7-6-10(17)8-11(12)14-13(15(20)23-5-2)9(3)18-16(21)19-14/h6-8,14H,4-5H2,1-3H3,(H2,18,19,21)/t14-/m1/s1. The van der Waals surface area contributed by atoms with Crippen LogP contribution < -0.4 is 15.4 Å². The van der Waals surface area contributed by atoms with E-state index in [2.05, 4.69) is 33.2 Å². The lowest BCUT2D eigenvalue weighted by atomic mass is 9.95. The van der Waals surface area contributed by atoms with Crippen LogP contribution >= 0.6 is 22.6 Å². The van der Waals surface area contributed by atoms with Crippen LogP contribution in [0.1, 0.15) is 32.4 Å². The highest BCUT2D eigenvalue weighted by Gasteiger charge is 2.33. The Morgan fingerprint density at radius 1 is 1.30 bits per heavy atom. The number of hydrogen-bond donors (Lipinski definition) is 2. The first-order chi connectivity index (χ1) is 11.0. The predicted molar refractivity (Wildman–Crippen MR) is 94.1 cm³/mol. The number of nitrogens with one attached hydrogen (secondary N) is 2. The minimum absolute atomic E-state index is 0.265. The topological polar surface area (TPSA) is 76.7 Å². The second kappa shape index (κ2) is 7.67. The monoisotopic (exact) mass is 430 g/mol. The van der Waals surface area contributed by atoms with Crippen LogP contribution in [-0.4, -0.2) is 25.2 Å². The van der Waals surface area contributed by atoms with Crippen molar-refractivity contribution in [3.05, 3.63) is 38.6 Å². The third-order valence-electron chi connectivity index (χ3n) is 3.35. The normalized spacial score (nSPS) is 17.4. The molecule has 1 heterocycles. The summed E-state index contributed by atoms with van der Waals surface area (Å²) in [6.07, 6.45) is 0. The Morgan fingerprint density at radius 2 is 2.04 bits per heavy atom. The first kappa shape index (κ1) is 17.6. The predicted octanol–water partition coefficient (Wildman–Crippen LogP) is 2.88. The highest BCUT2D eigenvalue weighted by molar-refractivity contribution is 14.1. The molecule has 0 aliphatic carbocycles. The lowest BCUT2D eigenvalue weighted by Crippen LogP contribution is -2.45. The molecule has 0 radical (unpaired) electrons. The zero-order valence-electron chi connectivity index (χ0n) is 13.2. The molecule has 0 saturated carbocycles. The number of rotatable bonds is 5. The van der Waals surface area contributed by atoms with Gasteiger partial charge in [-0.1, -0.05) is 0 Å². The zero-order chi connectivity index (χ0) is 17.0. The van der Waals surface area contributed by atoms with Crippen LogP contribution in [0.3, 0.4) is 0 Å². The summed E-state index contributed by atoms with van der Waals surface area (Å²) in [5.41, 5.74) is 1.60. The maximum absolute atomic E-state index is 12.3. The Morgan fingerprint density at radius 3 is 2.70 bits per heavy atom. The molecule has 2 N–H and O–H groups in total. The molecule has 1 aromatic carbocycles. The Bertz CT molecular complexity index is 657. The van der Waals surface area contributed by atoms with E-state index >= 15 is 0 Å². The van der Waals surface area contributed by atoms with Crippen molar-refractivity contribution in [3.8, 4) is 5.75 Å². The molecule has 2 rings (SSSR count). The van der Waals surface area contributed by atoms with E-state index in [-0.39, 0.29) is 12.6 Å². The summed E-state index contributed by atoms with van der Waals surface area (Å²) in [5, 5.41) is 5.41. The summed E-state index contributed by atoms with van der Waals surface area (Å²) in [5.74, 6) is 0.179. The average Bonchev–Trinajstić information content (AvgIpc) is 2.48. The fourth-order valence-corrected chi connectivity index (χ4v) is 2.95. The maximum Gasteiger partial charge on any atom is 0.338 e. The first-order valence-electron chi connectivity index (χ1n) is 7.35. The number of esters is 1. The Labute approximate surface area is 148 Å². The molecule has 6 nitrogen and oxygen atoms in total. The fourth-order valence-electron chi connectivity index (χ4n) is 2.44. The number of carbonyl (C=O) groups is 2. The Balaban J connectivity index is 2.54. The van der Waals surface area contributed by atoms with Gasteiger partial charge in [-0.2, -0.15) is 0 Å². The third kappa shape index (κ3) is 3.95. The Hall–Kier alpha value is -1.77. The van der Waals surface area contributed by atoms with E-state index in [4.69, 9.17) is 9.47 Å². The SMILES string of the molecule is CCOC(=O)C1=C(C)NC(=O)N[C@@H]1c1cc(I)ccc1OCC. The summed E-state index contributed by atoms with van der Waals surface area (Å²) >= 11 is 2.18. The number of hydrogen-bond acceptors (Lipinski definition) is 4. The fraction of sp³-hybridized carbons (Fsp3) is 0.375. The summed E-state index contributed by atoms with van der Waals surface area (Å²) in [4.78, 5) is 24.2. The van der Waals surface area contributed by atoms with E-state index in [9.17, 15) is 9.59 Å². The van der Waals surface area contributed by atoms with Gasteiger partial charge in [0.1, 0.15) is 5.75 Å². The van der Waals surface area contributed by atoms with Crippen molar-refractivity contribution in [2.75, 3.05) is 13.2 Å². The van der Waals surface area contributed by atoms with Gasteiger partial charge in [-0.05, 0) is 61.6 Å². The van der Waals surface area contributed by atoms with Gasteiger partial charge in [-0.15, -0.1) is 0 Å². The molecular formula is C16H19IN2O4. The van der Waals surface area contributed by atoms with Crippen LogP contribution in [-0.2, 0) is 9.53 Å². The Kier molecular flexibility index (Phi) is 5.86. The molecule has 124 valence electrons. The molecule has 23 heavy (non-hydrogen) atoms. The van der Waals surface area contributed by atoms with Gasteiger partial charge < -0.3 is 20.1 Å². The third-order valence-corrected chi connectivity index (χ3v) is 4.02. The van der Waals surface area contributed by atoms with Crippen molar-refractivity contribution in [2.24, 2.45) is 0 Å². The molecule has 1 aromatic rings. The number of amides is 2. The van der Waals surface area contributed by atoms with E-state index in [1.165, 1.54) is 0 Å². The van der Waals surface area contributed by atoms with Crippen LogP contribution in [0.25, 0.3) is 0 Å². The van der Waals surface area contributed by atoms with E-state index in [1.54, 1.807) is 13.8 Å². The second-order valence-electron chi connectivity index (χ2n) is 4.91. The van der Waals surface area contributed by atoms with Gasteiger partial charge in [0.05, 0.1) is 24.8 Å². The molecule has 0 bridgehead atoms. The summed E-state index contributed by atoms with van der Waals surface area (Å²) in [6.45, 7) is 6.07. The number of halogens is 1. The molecule has 0 aromatic heterocycles. The number of ether oxygens (including phenoxy) is 2. The van der Waals surface area contributed by atoms with Crippen molar-refractivity contribution in [2.45, 2.75) is 26.8 Å². The first-order valence-corrected chi connectivity index (χ1v) is 8.43. The lowest BCUT2D eigenvalue weighted by Gasteiger charge is -2.29. The number of benzene rings is 1. The lowest BCUT2D eigenvalue weighted by molar-refractivity contribution is -0.139. The highest BCUT2D eigenvalue weighted by Crippen LogP contribution is 2.34. The number of carbonyl (C=O) groups excluding carboxylic acids is 2. The molecule has 0 fully saturated rings. The average molecular weight is 430 g/mol. The minimum atomic E-state index is -0.612. The van der Waals surface area contributed by atoms with Gasteiger partial charge >= 0.3 is 12.0 Å². The van der Waals surface area contributed by atoms with Gasteiger partial charge in [-0.3, -0.25) is 0 Å². The molecule has 0 unspecified atom stereocenters. The maximum atomic E-state index is 12.3. The van der Waals surface area contributed by atoms with Crippen LogP contribution in [0, 0.1) is 3.57 Å². The zero-order valence-corrected chi connectivity index (χ0v) is 15.4. The van der Waals surface area contributed by atoms with Crippen molar-refractivity contribution in [1.29, 1.82) is 0 Å². The van der Waals surface area contributed by atoms with Gasteiger partial charge in [0, 0.05) is 14.8 Å². The molecule has 7 heteroatoms. The van der Waals surface area contributed by atoms with E-state index in [1.807, 2.05) is 25.1 Å². The minimum Gasteiger partial charge on any atom is -0.494 e. The van der Waals surface area contributed by atoms with Crippen LogP contribution in [0.2, 0.25) is 0 Å². The largest absolute Gasteiger partial charge is 0.494 e. The van der Waals surface area contributed by atoms with Crippen molar-refractivity contribution >= 4 is 34.6 Å². The van der Waals surface area contributed by atoms with Gasteiger partial charge in [0.15, 0.2) is 0 Å². The number of allylic oxidation sites excluding steroid dienone is 1. The summed E-state index contributed by atoms with van der Waals surface area (Å²) < 4.78 is 11.8.